The van der Waals surface area contributed by atoms with E-state index < -0.39 is 0 Å². The number of benzene rings is 1. The molecule has 1 aromatic rings. The summed E-state index contributed by atoms with van der Waals surface area (Å²) >= 11 is 0. The van der Waals surface area contributed by atoms with E-state index >= 15 is 0 Å². The van der Waals surface area contributed by atoms with Gasteiger partial charge in [-0.25, -0.2) is 0 Å². The van der Waals surface area contributed by atoms with Gasteiger partial charge in [0.2, 0.25) is 11.8 Å². The van der Waals surface area contributed by atoms with Crippen LogP contribution in [0.5, 0.6) is 11.5 Å². The van der Waals surface area contributed by atoms with Crippen LogP contribution in [0, 0.1) is 0 Å². The summed E-state index contributed by atoms with van der Waals surface area (Å²) in [5.74, 6) is 0.945. The van der Waals surface area contributed by atoms with Gasteiger partial charge in [0.05, 0.1) is 20.8 Å². The van der Waals surface area contributed by atoms with Crippen LogP contribution < -0.4 is 15.2 Å². The maximum Gasteiger partial charge on any atom is 0.246 e. The molecule has 1 aliphatic heterocycles. The van der Waals surface area contributed by atoms with Crippen LogP contribution in [0.3, 0.4) is 0 Å². The zero-order valence-corrected chi connectivity index (χ0v) is 14.7. The molecule has 0 aromatic heterocycles. The van der Waals surface area contributed by atoms with E-state index in [2.05, 4.69) is 0 Å². The molecule has 0 bridgehead atoms. The number of carbonyl (C=O) groups is 2. The van der Waals surface area contributed by atoms with Crippen molar-refractivity contribution in [3.8, 4) is 11.5 Å². The lowest BCUT2D eigenvalue weighted by Crippen LogP contribution is -2.37. The van der Waals surface area contributed by atoms with Crippen LogP contribution in [-0.4, -0.2) is 68.6 Å². The van der Waals surface area contributed by atoms with Crippen LogP contribution in [0.2, 0.25) is 0 Å². The first-order valence-electron chi connectivity index (χ1n) is 8.22. The summed E-state index contributed by atoms with van der Waals surface area (Å²) in [6.45, 7) is 2.90. The molecule has 1 heterocycles. The summed E-state index contributed by atoms with van der Waals surface area (Å²) in [7, 11) is 3.17. The molecule has 0 spiro atoms. The fourth-order valence-corrected chi connectivity index (χ4v) is 2.77. The molecule has 0 saturated carbocycles. The first-order chi connectivity index (χ1) is 12.0. The van der Waals surface area contributed by atoms with Crippen molar-refractivity contribution < 1.29 is 19.1 Å². The van der Waals surface area contributed by atoms with E-state index in [0.717, 1.165) is 18.5 Å². The van der Waals surface area contributed by atoms with Crippen molar-refractivity contribution >= 4 is 17.9 Å². The quantitative estimate of drug-likeness (QED) is 0.767. The molecule has 25 heavy (non-hydrogen) atoms. The Morgan fingerprint density at radius 2 is 1.76 bits per heavy atom. The molecule has 1 aliphatic rings. The van der Waals surface area contributed by atoms with Gasteiger partial charge >= 0.3 is 0 Å². The van der Waals surface area contributed by atoms with Crippen molar-refractivity contribution in [3.63, 3.8) is 0 Å². The third-order valence-electron chi connectivity index (χ3n) is 4.07. The second-order valence-electron chi connectivity index (χ2n) is 5.90. The first kappa shape index (κ1) is 18.8. The second kappa shape index (κ2) is 9.08. The number of amides is 2. The monoisotopic (exact) mass is 347 g/mol. The minimum Gasteiger partial charge on any atom is -0.497 e. The molecule has 0 atom stereocenters. The molecule has 1 aromatic carbocycles. The molecule has 0 unspecified atom stereocenters. The molecule has 7 heteroatoms. The summed E-state index contributed by atoms with van der Waals surface area (Å²) in [5, 5.41) is 0. The average molecular weight is 347 g/mol. The molecule has 2 rings (SSSR count). The van der Waals surface area contributed by atoms with Gasteiger partial charge in [-0.3, -0.25) is 14.5 Å². The van der Waals surface area contributed by atoms with Crippen molar-refractivity contribution in [1.29, 1.82) is 0 Å². The predicted molar refractivity (Wildman–Crippen MR) is 95.4 cm³/mol. The predicted octanol–water partition coefficient (Wildman–Crippen LogP) is 0.737. The molecule has 1 fully saturated rings. The van der Waals surface area contributed by atoms with Gasteiger partial charge in [0, 0.05) is 38.3 Å². The fraction of sp³-hybridized carbons (Fsp3) is 0.444. The standard InChI is InChI=1S/C18H25N3O4/c1-24-15-10-14(11-16(12-15)25-2)4-5-18(23)21-7-3-6-20(8-9-21)13-17(19)22/h4-5,10-12H,3,6-9,13H2,1-2H3,(H2,19,22)/b5-4+. The van der Waals surface area contributed by atoms with Crippen molar-refractivity contribution in [1.82, 2.24) is 9.80 Å². The zero-order valence-electron chi connectivity index (χ0n) is 14.7. The van der Waals surface area contributed by atoms with Crippen molar-refractivity contribution in [2.24, 2.45) is 5.73 Å². The number of primary amides is 1. The Morgan fingerprint density at radius 1 is 1.08 bits per heavy atom. The van der Waals surface area contributed by atoms with Crippen LogP contribution in [0.15, 0.2) is 24.3 Å². The van der Waals surface area contributed by atoms with E-state index in [9.17, 15) is 9.59 Å². The Morgan fingerprint density at radius 3 is 2.36 bits per heavy atom. The average Bonchev–Trinajstić information content (AvgIpc) is 2.84. The number of nitrogens with zero attached hydrogens (tertiary/aromatic N) is 2. The Kier molecular flexibility index (Phi) is 6.82. The van der Waals surface area contributed by atoms with Crippen LogP contribution >= 0.6 is 0 Å². The van der Waals surface area contributed by atoms with Gasteiger partial charge in [-0.1, -0.05) is 0 Å². The zero-order chi connectivity index (χ0) is 18.2. The third kappa shape index (κ3) is 5.79. The van der Waals surface area contributed by atoms with Crippen molar-refractivity contribution in [3.05, 3.63) is 29.8 Å². The van der Waals surface area contributed by atoms with E-state index in [1.807, 2.05) is 17.0 Å². The maximum atomic E-state index is 12.4. The minimum atomic E-state index is -0.341. The Balaban J connectivity index is 1.99. The number of hydrogen-bond acceptors (Lipinski definition) is 5. The Hall–Kier alpha value is -2.54. The lowest BCUT2D eigenvalue weighted by atomic mass is 10.2. The lowest BCUT2D eigenvalue weighted by molar-refractivity contribution is -0.125. The van der Waals surface area contributed by atoms with E-state index in [1.54, 1.807) is 37.3 Å². The summed E-state index contributed by atoms with van der Waals surface area (Å²) in [6.07, 6.45) is 4.12. The van der Waals surface area contributed by atoms with Gasteiger partial charge in [-0.05, 0) is 30.2 Å². The van der Waals surface area contributed by atoms with E-state index in [4.69, 9.17) is 15.2 Å². The fourth-order valence-electron chi connectivity index (χ4n) is 2.77. The third-order valence-corrected chi connectivity index (χ3v) is 4.07. The summed E-state index contributed by atoms with van der Waals surface area (Å²) in [6, 6.07) is 5.45. The molecule has 1 saturated heterocycles. The highest BCUT2D eigenvalue weighted by Crippen LogP contribution is 2.23. The van der Waals surface area contributed by atoms with E-state index in [0.29, 0.717) is 31.1 Å². The molecular formula is C18H25N3O4. The molecule has 136 valence electrons. The number of methoxy groups -OCH3 is 2. The first-order valence-corrected chi connectivity index (χ1v) is 8.22. The van der Waals surface area contributed by atoms with Gasteiger partial charge in [0.1, 0.15) is 11.5 Å². The smallest absolute Gasteiger partial charge is 0.246 e. The maximum absolute atomic E-state index is 12.4. The normalized spacial score (nSPS) is 15.8. The van der Waals surface area contributed by atoms with Gasteiger partial charge < -0.3 is 20.1 Å². The summed E-state index contributed by atoms with van der Waals surface area (Å²) in [4.78, 5) is 27.2. The molecular weight excluding hydrogens is 322 g/mol. The van der Waals surface area contributed by atoms with Crippen LogP contribution in [0.1, 0.15) is 12.0 Å². The topological polar surface area (TPSA) is 85.1 Å². The molecule has 2 amide bonds. The largest absolute Gasteiger partial charge is 0.497 e. The highest BCUT2D eigenvalue weighted by molar-refractivity contribution is 5.92. The molecule has 2 N–H and O–H groups in total. The van der Waals surface area contributed by atoms with Gasteiger partial charge in [0.25, 0.3) is 0 Å². The summed E-state index contributed by atoms with van der Waals surface area (Å²) in [5.41, 5.74) is 6.06. The Labute approximate surface area is 148 Å². The minimum absolute atomic E-state index is 0.0530. The van der Waals surface area contributed by atoms with Crippen molar-refractivity contribution in [2.75, 3.05) is 46.9 Å². The number of carbonyl (C=O) groups excluding carboxylic acids is 2. The van der Waals surface area contributed by atoms with Gasteiger partial charge in [-0.15, -0.1) is 0 Å². The van der Waals surface area contributed by atoms with Gasteiger partial charge in [0.15, 0.2) is 0 Å². The Bertz CT molecular complexity index is 623. The highest BCUT2D eigenvalue weighted by Gasteiger charge is 2.18. The number of rotatable bonds is 6. The van der Waals surface area contributed by atoms with Gasteiger partial charge in [-0.2, -0.15) is 0 Å². The molecule has 0 radical (unpaired) electrons. The van der Waals surface area contributed by atoms with Crippen LogP contribution in [0.25, 0.3) is 6.08 Å². The highest BCUT2D eigenvalue weighted by atomic mass is 16.5. The number of hydrogen-bond donors (Lipinski definition) is 1. The SMILES string of the molecule is COc1cc(/C=C/C(=O)N2CCCN(CC(N)=O)CC2)cc(OC)c1. The van der Waals surface area contributed by atoms with Crippen LogP contribution in [-0.2, 0) is 9.59 Å². The second-order valence-corrected chi connectivity index (χ2v) is 5.90. The molecule has 0 aliphatic carbocycles. The van der Waals surface area contributed by atoms with Crippen LogP contribution in [0.4, 0.5) is 0 Å². The van der Waals surface area contributed by atoms with Crippen molar-refractivity contribution in [2.45, 2.75) is 6.42 Å². The lowest BCUT2D eigenvalue weighted by Gasteiger charge is -2.20. The van der Waals surface area contributed by atoms with E-state index in [1.165, 1.54) is 0 Å². The number of ether oxygens (including phenoxy) is 2. The number of nitrogens with two attached hydrogens (primary N) is 1. The summed E-state index contributed by atoms with van der Waals surface area (Å²) < 4.78 is 10.5. The van der Waals surface area contributed by atoms with E-state index in [-0.39, 0.29) is 18.4 Å². The molecule has 7 nitrogen and oxygen atoms in total.